The Morgan fingerprint density at radius 1 is 0.315 bits per heavy atom. The zero-order chi connectivity index (χ0) is 90.4. The van der Waals surface area contributed by atoms with E-state index in [1.165, 1.54) is 214 Å². The summed E-state index contributed by atoms with van der Waals surface area (Å²) in [6.45, 7) is 47.1. The molecule has 0 amide bonds. The summed E-state index contributed by atoms with van der Waals surface area (Å²) in [5.41, 5.74) is 29.6. The van der Waals surface area contributed by atoms with Gasteiger partial charge in [0, 0.05) is 110 Å². The molecule has 7 aliphatic heterocycles. The van der Waals surface area contributed by atoms with Crippen LogP contribution in [0.1, 0.15) is 320 Å². The van der Waals surface area contributed by atoms with Gasteiger partial charge in [0.05, 0.1) is 115 Å². The number of fused-ring (bicyclic) bond motifs is 25. The van der Waals surface area contributed by atoms with E-state index in [1.54, 1.807) is 12.5 Å². The van der Waals surface area contributed by atoms with Crippen LogP contribution in [0.15, 0.2) is 180 Å². The molecular weight excluding hydrogens is 1610 g/mol. The molecule has 17 heterocycles. The number of hydrogen-bond acceptors (Lipinski definition) is 12. The van der Waals surface area contributed by atoms with Gasteiger partial charge in [0.15, 0.2) is 0 Å². The molecule has 15 aromatic rings. The monoisotopic (exact) mass is 1740 g/mol. The van der Waals surface area contributed by atoms with E-state index in [1.807, 2.05) is 12.4 Å². The minimum atomic E-state index is -0.170. The van der Waals surface area contributed by atoms with Crippen molar-refractivity contribution in [2.75, 3.05) is 24.5 Å². The second-order valence-corrected chi connectivity index (χ2v) is 44.2. The molecule has 13 aliphatic rings. The van der Waals surface area contributed by atoms with E-state index in [2.05, 4.69) is 366 Å². The summed E-state index contributed by atoms with van der Waals surface area (Å²) in [7, 11) is 6.29. The zero-order valence-corrected chi connectivity index (χ0v) is 81.1. The minimum absolute atomic E-state index is 0.00175. The molecule has 7 atom stereocenters. The number of para-hydroxylation sites is 5. The fraction of sp³-hybridized carbons (Fsp3) is 0.500. The van der Waals surface area contributed by atoms with Gasteiger partial charge in [0.2, 0.25) is 17.3 Å². The quantitative estimate of drug-likeness (QED) is 0.166. The van der Waals surface area contributed by atoms with Crippen molar-refractivity contribution in [3.05, 3.63) is 267 Å². The normalized spacial score (nSPS) is 27.8. The number of oxazole rings is 2. The molecule has 6 saturated carbocycles. The maximum absolute atomic E-state index is 5.60. The molecule has 7 unspecified atom stereocenters. The Kier molecular flexibility index (Phi) is 18.1. The number of nitrogens with zero attached hydrogens (tertiary/aromatic N) is 18. The SMILES string of the molecule is Cc1cccc2c1N1C(C)c3c(nc4n(C)ccn34)C1(C)C(C)(C)C2(C)C.Cc1cccc2c1N1C(C)c3c(nc4n(C)ccn34)C1(C)C(C)(C)C2(C)C.Cc1ccccc1N1C(C)c2c(nc3n(C)ccn23)C12C1CC3CC(C1)CC2C3.Cc1ccccc1N1C(C)c2c(nc3occn23)C12CCCC2.Cc1ccccc1N1C(C)c2c(nc3occn23)C12CCCCC2. The number of aryl methyl sites for hydroxylation is 8. The summed E-state index contributed by atoms with van der Waals surface area (Å²) in [5.74, 6) is 8.06. The molecule has 4 bridgehead atoms. The first-order valence-electron chi connectivity index (χ1n) is 49.0. The summed E-state index contributed by atoms with van der Waals surface area (Å²) in [5, 5.41) is 0. The Morgan fingerprint density at radius 3 is 1.02 bits per heavy atom. The molecule has 20 nitrogen and oxygen atoms in total. The van der Waals surface area contributed by atoms with E-state index in [0.29, 0.717) is 18.1 Å². The van der Waals surface area contributed by atoms with Crippen molar-refractivity contribution in [3.63, 3.8) is 0 Å². The van der Waals surface area contributed by atoms with Crippen LogP contribution >= 0.6 is 0 Å². The first-order chi connectivity index (χ1) is 62.1. The molecule has 20 heteroatoms. The van der Waals surface area contributed by atoms with Gasteiger partial charge >= 0.3 is 11.7 Å². The number of anilines is 5. The van der Waals surface area contributed by atoms with Crippen molar-refractivity contribution in [2.24, 2.45) is 55.6 Å². The summed E-state index contributed by atoms with van der Waals surface area (Å²) in [6.07, 6.45) is 38.6. The molecule has 6 aliphatic carbocycles. The summed E-state index contributed by atoms with van der Waals surface area (Å²) < 4.78 is 28.9. The van der Waals surface area contributed by atoms with E-state index in [-0.39, 0.29) is 61.4 Å². The van der Waals surface area contributed by atoms with Gasteiger partial charge in [-0.05, 0) is 233 Å². The Balaban J connectivity index is 0.0000000928. The van der Waals surface area contributed by atoms with E-state index in [4.69, 9.17) is 33.8 Å². The Labute approximate surface area is 766 Å². The highest BCUT2D eigenvalue weighted by atomic mass is 16.3. The standard InChI is InChI=1S/C25H30N4.2C23H30N4.C20H23N3O.C19H21N3O/c1-15-6-4-5-7-21(15)29-16(2)22-23(26-24-27(3)8-9-28(22)24)25(29)19-11-17-10-18(13-19)14-20(25)12-17;2*1-14-10-9-11-16-17(14)27-15(2)18-19(24-20-25(8)12-13-26(18)20)23(27,7)22(5,6)21(16,3)4;1-14-8-4-5-9-16(14)23-15(2)17-18(20(23)10-6-3-7-11-20)21-19-22(17)12-13-24-19;1-13-7-3-4-8-15(13)22-14(2)16-17(19(22)9-5-6-10-19)20-18-21(16)11-12-23-18/h4-9,16-20H,10-14H2,1-3H3;2*9-13,15H,1-8H3;4-5,8-9,12-13,15H,3,6-7,10-11H2,1-2H3;3-4,7-8,11-12,14H,5-6,9-10H2,1-2H3. The van der Waals surface area contributed by atoms with E-state index >= 15 is 0 Å². The van der Waals surface area contributed by atoms with Crippen LogP contribution < -0.4 is 24.5 Å². The predicted octanol–water partition coefficient (Wildman–Crippen LogP) is 25.0. The third-order valence-corrected chi connectivity index (χ3v) is 37.5. The van der Waals surface area contributed by atoms with Crippen LogP contribution in [0, 0.1) is 69.1 Å². The highest BCUT2D eigenvalue weighted by Crippen LogP contribution is 2.72. The zero-order valence-electron chi connectivity index (χ0n) is 81.1. The van der Waals surface area contributed by atoms with Gasteiger partial charge in [-0.1, -0.05) is 178 Å². The summed E-state index contributed by atoms with van der Waals surface area (Å²) in [4.78, 5) is 39.1. The lowest BCUT2D eigenvalue weighted by molar-refractivity contribution is -0.0618. The van der Waals surface area contributed by atoms with Crippen molar-refractivity contribution < 1.29 is 8.83 Å². The predicted molar refractivity (Wildman–Crippen MR) is 520 cm³/mol. The molecule has 0 saturated heterocycles. The van der Waals surface area contributed by atoms with Gasteiger partial charge in [-0.25, -0.2) is 15.0 Å². The van der Waals surface area contributed by atoms with Crippen LogP contribution in [-0.2, 0) is 59.7 Å². The number of hydrogen-bond donors (Lipinski definition) is 0. The largest absolute Gasteiger partial charge is 0.432 e. The topological polar surface area (TPSA) is 144 Å². The van der Waals surface area contributed by atoms with Crippen molar-refractivity contribution >= 4 is 57.5 Å². The van der Waals surface area contributed by atoms with E-state index in [0.717, 1.165) is 52.7 Å². The highest BCUT2D eigenvalue weighted by Gasteiger charge is 2.70. The Hall–Kier alpha value is -11.2. The lowest BCUT2D eigenvalue weighted by atomic mass is 9.47. The first-order valence-corrected chi connectivity index (χ1v) is 49.0. The third kappa shape index (κ3) is 10.4. The number of aromatic nitrogens is 13. The van der Waals surface area contributed by atoms with Crippen LogP contribution in [0.4, 0.5) is 28.4 Å². The average molecular weight is 1740 g/mol. The van der Waals surface area contributed by atoms with Gasteiger partial charge in [-0.3, -0.25) is 22.0 Å². The van der Waals surface area contributed by atoms with E-state index in [9.17, 15) is 0 Å². The second-order valence-electron chi connectivity index (χ2n) is 44.2. The smallest absolute Gasteiger partial charge is 0.306 e. The van der Waals surface area contributed by atoms with E-state index < -0.39 is 0 Å². The van der Waals surface area contributed by atoms with Gasteiger partial charge in [-0.2, -0.15) is 9.97 Å². The molecule has 6 fully saturated rings. The van der Waals surface area contributed by atoms with Gasteiger partial charge in [0.1, 0.15) is 12.5 Å². The fourth-order valence-corrected chi connectivity index (χ4v) is 29.9. The highest BCUT2D eigenvalue weighted by molar-refractivity contribution is 5.76. The maximum atomic E-state index is 5.60. The van der Waals surface area contributed by atoms with Crippen molar-refractivity contribution in [3.8, 4) is 0 Å². The van der Waals surface area contributed by atoms with Crippen molar-refractivity contribution in [1.82, 2.24) is 60.6 Å². The molecule has 130 heavy (non-hydrogen) atoms. The van der Waals surface area contributed by atoms with Crippen LogP contribution in [0.2, 0.25) is 0 Å². The van der Waals surface area contributed by atoms with Gasteiger partial charge in [0.25, 0.3) is 0 Å². The molecule has 3 spiro atoms. The van der Waals surface area contributed by atoms with Gasteiger partial charge < -0.3 is 47.0 Å². The minimum Gasteiger partial charge on any atom is -0.432 e. The number of rotatable bonds is 3. The lowest BCUT2D eigenvalue weighted by Gasteiger charge is -2.63. The molecule has 28 rings (SSSR count). The third-order valence-electron chi connectivity index (χ3n) is 37.5. The van der Waals surface area contributed by atoms with Crippen molar-refractivity contribution in [1.29, 1.82) is 0 Å². The summed E-state index contributed by atoms with van der Waals surface area (Å²) >= 11 is 0. The first kappa shape index (κ1) is 83.2. The van der Waals surface area contributed by atoms with Crippen molar-refractivity contribution in [2.45, 2.75) is 297 Å². The molecule has 5 aromatic carbocycles. The Bertz CT molecular complexity index is 6840. The molecule has 0 N–H and O–H groups in total. The second kappa shape index (κ2) is 28.2. The number of imidazole rings is 8. The van der Waals surface area contributed by atoms with Gasteiger partial charge in [-0.15, -0.1) is 0 Å². The molecule has 676 valence electrons. The lowest BCUT2D eigenvalue weighted by Crippen LogP contribution is -2.62. The average Bonchev–Trinajstić information content (AvgIpc) is 1.49. The molecular formula is C110H134N18O2. The van der Waals surface area contributed by atoms with Crippen LogP contribution in [-0.4, -0.2) is 60.6 Å². The summed E-state index contributed by atoms with van der Waals surface area (Å²) in [6, 6.07) is 41.6. The molecule has 10 aromatic heterocycles. The number of benzene rings is 5. The van der Waals surface area contributed by atoms with Crippen LogP contribution in [0.5, 0.6) is 0 Å². The van der Waals surface area contributed by atoms with Crippen LogP contribution in [0.25, 0.3) is 29.0 Å². The molecule has 0 radical (unpaired) electrons. The fourth-order valence-electron chi connectivity index (χ4n) is 29.9. The maximum Gasteiger partial charge on any atom is 0.306 e. The van der Waals surface area contributed by atoms with Crippen LogP contribution in [0.3, 0.4) is 0 Å². The Morgan fingerprint density at radius 2 is 0.638 bits per heavy atom.